The van der Waals surface area contributed by atoms with E-state index in [2.05, 4.69) is 12.2 Å². The zero-order chi connectivity index (χ0) is 25.2. The summed E-state index contributed by atoms with van der Waals surface area (Å²) in [5.41, 5.74) is 3.80. The van der Waals surface area contributed by atoms with Gasteiger partial charge in [-0.15, -0.1) is 0 Å². The number of carbonyl (C=O) groups is 1. The van der Waals surface area contributed by atoms with Gasteiger partial charge in [-0.25, -0.2) is 9.78 Å². The van der Waals surface area contributed by atoms with Gasteiger partial charge in [-0.2, -0.15) is 0 Å². The lowest BCUT2D eigenvalue weighted by molar-refractivity contribution is -0.187. The molecule has 0 unspecified atom stereocenters. The minimum Gasteiger partial charge on any atom is -0.458 e. The molecular formula is C27H29N3O6. The van der Waals surface area contributed by atoms with Gasteiger partial charge in [0.2, 0.25) is 6.79 Å². The van der Waals surface area contributed by atoms with Crippen molar-refractivity contribution >= 4 is 16.9 Å². The van der Waals surface area contributed by atoms with Gasteiger partial charge in [-0.3, -0.25) is 4.79 Å². The van der Waals surface area contributed by atoms with E-state index in [-0.39, 0.29) is 25.1 Å². The number of esters is 1. The first-order valence-electron chi connectivity index (χ1n) is 12.5. The molecule has 1 atom stereocenters. The number of nitrogens with one attached hydrogen (secondary N) is 1. The van der Waals surface area contributed by atoms with Crippen molar-refractivity contribution in [3.63, 3.8) is 0 Å². The standard InChI is InChI=1S/C27H29N3O6/c1-5-27(36-14(3)4)19-8-21-24-17(11-30(21)25(31)18(19)12-33-26(27)32)16(10-28-6-2)15-7-22-23(35-13-34-22)9-20(15)29-24/h7-9,14,28H,5-6,10-13H2,1-4H3/t27-/m0/s1. The zero-order valence-electron chi connectivity index (χ0n) is 20.9. The van der Waals surface area contributed by atoms with Crippen LogP contribution in [0.3, 0.4) is 0 Å². The Morgan fingerprint density at radius 1 is 1.11 bits per heavy atom. The fraction of sp³-hybridized carbons (Fsp3) is 0.444. The largest absolute Gasteiger partial charge is 0.458 e. The van der Waals surface area contributed by atoms with Gasteiger partial charge in [0.05, 0.1) is 35.1 Å². The molecule has 0 amide bonds. The van der Waals surface area contributed by atoms with Crippen LogP contribution in [0.2, 0.25) is 0 Å². The molecule has 3 aliphatic heterocycles. The fourth-order valence-corrected chi connectivity index (χ4v) is 5.59. The minimum absolute atomic E-state index is 0.0616. The molecule has 0 saturated carbocycles. The van der Waals surface area contributed by atoms with E-state index >= 15 is 0 Å². The second-order valence-corrected chi connectivity index (χ2v) is 9.66. The number of cyclic esters (lactones) is 1. The summed E-state index contributed by atoms with van der Waals surface area (Å²) in [6, 6.07) is 5.78. The highest BCUT2D eigenvalue weighted by Gasteiger charge is 2.48. The number of fused-ring (bicyclic) bond motifs is 6. The smallest absolute Gasteiger partial charge is 0.343 e. The summed E-state index contributed by atoms with van der Waals surface area (Å²) in [5, 5.41) is 4.40. The summed E-state index contributed by atoms with van der Waals surface area (Å²) >= 11 is 0. The molecule has 0 radical (unpaired) electrons. The molecule has 0 saturated heterocycles. The average molecular weight is 492 g/mol. The van der Waals surface area contributed by atoms with Crippen LogP contribution in [0.4, 0.5) is 0 Å². The third-order valence-electron chi connectivity index (χ3n) is 7.26. The lowest BCUT2D eigenvalue weighted by atomic mass is 9.85. The van der Waals surface area contributed by atoms with Crippen molar-refractivity contribution in [3.8, 4) is 22.9 Å². The monoisotopic (exact) mass is 491 g/mol. The van der Waals surface area contributed by atoms with Gasteiger partial charge in [0.1, 0.15) is 6.61 Å². The predicted molar refractivity (Wildman–Crippen MR) is 132 cm³/mol. The predicted octanol–water partition coefficient (Wildman–Crippen LogP) is 3.35. The third kappa shape index (κ3) is 3.19. The van der Waals surface area contributed by atoms with Gasteiger partial charge in [0.15, 0.2) is 17.1 Å². The molecule has 3 aliphatic rings. The highest BCUT2D eigenvalue weighted by molar-refractivity contribution is 5.91. The van der Waals surface area contributed by atoms with Gasteiger partial charge in [-0.1, -0.05) is 13.8 Å². The normalized spacial score (nSPS) is 19.4. The maximum absolute atomic E-state index is 13.8. The second kappa shape index (κ2) is 8.31. The highest BCUT2D eigenvalue weighted by atomic mass is 16.7. The molecular weight excluding hydrogens is 462 g/mol. The van der Waals surface area contributed by atoms with Crippen molar-refractivity contribution in [1.82, 2.24) is 14.9 Å². The zero-order valence-corrected chi connectivity index (χ0v) is 20.9. The molecule has 0 bridgehead atoms. The Hall–Kier alpha value is -3.43. The lowest BCUT2D eigenvalue weighted by Crippen LogP contribution is -2.47. The molecule has 1 N–H and O–H groups in total. The Morgan fingerprint density at radius 3 is 2.61 bits per heavy atom. The van der Waals surface area contributed by atoms with Crippen LogP contribution >= 0.6 is 0 Å². The maximum atomic E-state index is 13.8. The first-order valence-corrected chi connectivity index (χ1v) is 12.5. The number of ether oxygens (including phenoxy) is 4. The Morgan fingerprint density at radius 2 is 1.89 bits per heavy atom. The molecule has 5 heterocycles. The van der Waals surface area contributed by atoms with E-state index in [0.29, 0.717) is 47.8 Å². The fourth-order valence-electron chi connectivity index (χ4n) is 5.59. The van der Waals surface area contributed by atoms with Crippen LogP contribution in [0, 0.1) is 0 Å². The molecule has 1 aromatic carbocycles. The molecule has 188 valence electrons. The van der Waals surface area contributed by atoms with E-state index in [9.17, 15) is 9.59 Å². The molecule has 9 heteroatoms. The van der Waals surface area contributed by atoms with Gasteiger partial charge in [-0.05, 0) is 44.5 Å². The van der Waals surface area contributed by atoms with Crippen molar-refractivity contribution in [2.24, 2.45) is 0 Å². The van der Waals surface area contributed by atoms with E-state index in [1.807, 2.05) is 39.0 Å². The van der Waals surface area contributed by atoms with Gasteiger partial charge in [0, 0.05) is 29.1 Å². The third-order valence-corrected chi connectivity index (χ3v) is 7.26. The number of pyridine rings is 2. The number of carbonyl (C=O) groups excluding carboxylic acids is 1. The summed E-state index contributed by atoms with van der Waals surface area (Å²) in [7, 11) is 0. The van der Waals surface area contributed by atoms with Crippen LogP contribution in [0.5, 0.6) is 11.5 Å². The van der Waals surface area contributed by atoms with Crippen LogP contribution in [-0.2, 0) is 39.6 Å². The Balaban J connectivity index is 1.61. The van der Waals surface area contributed by atoms with Crippen molar-refractivity contribution < 1.29 is 23.7 Å². The Labute approximate surface area is 208 Å². The van der Waals surface area contributed by atoms with Crippen molar-refractivity contribution in [1.29, 1.82) is 0 Å². The van der Waals surface area contributed by atoms with Crippen LogP contribution in [0.15, 0.2) is 23.0 Å². The minimum atomic E-state index is -1.32. The van der Waals surface area contributed by atoms with Crippen LogP contribution in [0.1, 0.15) is 56.4 Å². The van der Waals surface area contributed by atoms with Crippen LogP contribution < -0.4 is 20.3 Å². The maximum Gasteiger partial charge on any atom is 0.343 e. The number of nitrogens with zero attached hydrogens (tertiary/aromatic N) is 2. The summed E-state index contributed by atoms with van der Waals surface area (Å²) in [6.07, 6.45) is 0.123. The average Bonchev–Trinajstić information content (AvgIpc) is 3.46. The Bertz CT molecular complexity index is 1480. The SMILES string of the molecule is CCNCc1c2c(nc3cc4c(cc13)OCO4)-c1cc3c(c(=O)n1C2)COC(=O)[C@@]3(CC)OC(C)C. The molecule has 3 aromatic rings. The number of benzene rings is 1. The van der Waals surface area contributed by atoms with E-state index in [0.717, 1.165) is 34.3 Å². The van der Waals surface area contributed by atoms with E-state index in [1.165, 1.54) is 0 Å². The molecule has 36 heavy (non-hydrogen) atoms. The molecule has 0 aliphatic carbocycles. The van der Waals surface area contributed by atoms with Crippen LogP contribution in [-0.4, -0.2) is 35.0 Å². The van der Waals surface area contributed by atoms with Crippen LogP contribution in [0.25, 0.3) is 22.3 Å². The quantitative estimate of drug-likeness (QED) is 0.410. The number of rotatable bonds is 6. The molecule has 2 aromatic heterocycles. The number of aromatic nitrogens is 2. The first kappa shape index (κ1) is 23.0. The number of hydrogen-bond donors (Lipinski definition) is 1. The summed E-state index contributed by atoms with van der Waals surface area (Å²) in [6.45, 7) is 9.62. The molecule has 9 nitrogen and oxygen atoms in total. The summed E-state index contributed by atoms with van der Waals surface area (Å²) < 4.78 is 24.6. The second-order valence-electron chi connectivity index (χ2n) is 9.66. The van der Waals surface area contributed by atoms with E-state index in [1.54, 1.807) is 4.57 Å². The van der Waals surface area contributed by atoms with Gasteiger partial charge in [0.25, 0.3) is 5.56 Å². The van der Waals surface area contributed by atoms with E-state index < -0.39 is 11.6 Å². The van der Waals surface area contributed by atoms with Gasteiger partial charge >= 0.3 is 5.97 Å². The van der Waals surface area contributed by atoms with Crippen molar-refractivity contribution in [2.45, 2.75) is 65.5 Å². The Kier molecular flexibility index (Phi) is 5.31. The molecule has 6 rings (SSSR count). The number of hydrogen-bond acceptors (Lipinski definition) is 8. The molecule has 0 spiro atoms. The van der Waals surface area contributed by atoms with E-state index in [4.69, 9.17) is 23.9 Å². The van der Waals surface area contributed by atoms with Gasteiger partial charge < -0.3 is 28.8 Å². The molecule has 0 fully saturated rings. The first-order chi connectivity index (χ1) is 17.4. The van der Waals surface area contributed by atoms with Crippen molar-refractivity contribution in [2.75, 3.05) is 13.3 Å². The highest BCUT2D eigenvalue weighted by Crippen LogP contribution is 2.44. The summed E-state index contributed by atoms with van der Waals surface area (Å²) in [5.74, 6) is 0.892. The lowest BCUT2D eigenvalue weighted by Gasteiger charge is -2.37. The van der Waals surface area contributed by atoms with Crippen molar-refractivity contribution in [3.05, 3.63) is 50.8 Å². The topological polar surface area (TPSA) is 101 Å². The summed E-state index contributed by atoms with van der Waals surface area (Å²) in [4.78, 5) is 31.8.